The van der Waals surface area contributed by atoms with Gasteiger partial charge in [-0.15, -0.1) is 11.3 Å². The van der Waals surface area contributed by atoms with Crippen LogP contribution in [0.25, 0.3) is 10.2 Å². The number of hydrogen-bond acceptors (Lipinski definition) is 4. The average molecular weight is 304 g/mol. The number of carbonyl (C=O) groups is 1. The van der Waals surface area contributed by atoms with Crippen molar-refractivity contribution in [3.8, 4) is 0 Å². The second-order valence-corrected chi connectivity index (χ2v) is 5.71. The summed E-state index contributed by atoms with van der Waals surface area (Å²) in [5, 5.41) is 1.29. The van der Waals surface area contributed by atoms with E-state index in [0.717, 1.165) is 15.2 Å². The van der Waals surface area contributed by atoms with Crippen molar-refractivity contribution in [2.24, 2.45) is 0 Å². The molecule has 0 radical (unpaired) electrons. The molecule has 0 saturated heterocycles. The SMILES string of the molecule is O=C(OCc1nc2ccccc2s1)c1cccc(Cl)c1. The number of carbonyl (C=O) groups excluding carboxylic acids is 1. The van der Waals surface area contributed by atoms with Gasteiger partial charge in [-0.3, -0.25) is 0 Å². The van der Waals surface area contributed by atoms with Crippen molar-refractivity contribution in [2.75, 3.05) is 0 Å². The number of hydrogen-bond donors (Lipinski definition) is 0. The highest BCUT2D eigenvalue weighted by atomic mass is 35.5. The van der Waals surface area contributed by atoms with E-state index in [2.05, 4.69) is 4.98 Å². The van der Waals surface area contributed by atoms with Crippen LogP contribution in [-0.4, -0.2) is 11.0 Å². The number of fused-ring (bicyclic) bond motifs is 1. The molecule has 2 aromatic carbocycles. The fourth-order valence-corrected chi connectivity index (χ4v) is 2.88. The zero-order valence-electron chi connectivity index (χ0n) is 10.4. The third-order valence-electron chi connectivity index (χ3n) is 2.73. The van der Waals surface area contributed by atoms with Gasteiger partial charge >= 0.3 is 5.97 Å². The number of ether oxygens (including phenoxy) is 1. The summed E-state index contributed by atoms with van der Waals surface area (Å²) in [6.45, 7) is 0.171. The number of rotatable bonds is 3. The summed E-state index contributed by atoms with van der Waals surface area (Å²) in [4.78, 5) is 16.3. The quantitative estimate of drug-likeness (QED) is 0.677. The molecule has 3 nitrogen and oxygen atoms in total. The largest absolute Gasteiger partial charge is 0.455 e. The summed E-state index contributed by atoms with van der Waals surface area (Å²) in [5.41, 5.74) is 1.37. The smallest absolute Gasteiger partial charge is 0.338 e. The predicted molar refractivity (Wildman–Crippen MR) is 80.2 cm³/mol. The minimum Gasteiger partial charge on any atom is -0.455 e. The van der Waals surface area contributed by atoms with Gasteiger partial charge in [-0.05, 0) is 30.3 Å². The molecule has 20 heavy (non-hydrogen) atoms. The lowest BCUT2D eigenvalue weighted by molar-refractivity contribution is 0.0472. The van der Waals surface area contributed by atoms with Crippen LogP contribution >= 0.6 is 22.9 Å². The van der Waals surface area contributed by atoms with Gasteiger partial charge < -0.3 is 4.74 Å². The first-order valence-electron chi connectivity index (χ1n) is 5.99. The van der Waals surface area contributed by atoms with Crippen LogP contribution in [-0.2, 0) is 11.3 Å². The Balaban J connectivity index is 1.71. The first-order valence-corrected chi connectivity index (χ1v) is 7.19. The number of nitrogens with zero attached hydrogens (tertiary/aromatic N) is 1. The molecular weight excluding hydrogens is 294 g/mol. The van der Waals surface area contributed by atoms with E-state index < -0.39 is 5.97 Å². The zero-order chi connectivity index (χ0) is 13.9. The Hall–Kier alpha value is -1.91. The van der Waals surface area contributed by atoms with Crippen LogP contribution in [0.1, 0.15) is 15.4 Å². The normalized spacial score (nSPS) is 10.7. The van der Waals surface area contributed by atoms with E-state index in [1.54, 1.807) is 24.3 Å². The Morgan fingerprint density at radius 1 is 1.20 bits per heavy atom. The van der Waals surface area contributed by atoms with Crippen molar-refractivity contribution in [2.45, 2.75) is 6.61 Å². The first kappa shape index (κ1) is 13.1. The Kier molecular flexibility index (Phi) is 3.67. The average Bonchev–Trinajstić information content (AvgIpc) is 2.87. The van der Waals surface area contributed by atoms with Crippen molar-refractivity contribution in [3.63, 3.8) is 0 Å². The molecule has 0 fully saturated rings. The molecule has 0 saturated carbocycles. The van der Waals surface area contributed by atoms with Crippen LogP contribution in [0.4, 0.5) is 0 Å². The maximum atomic E-state index is 11.9. The lowest BCUT2D eigenvalue weighted by Gasteiger charge is -2.02. The number of halogens is 1. The number of benzene rings is 2. The topological polar surface area (TPSA) is 39.2 Å². The van der Waals surface area contributed by atoms with Crippen molar-refractivity contribution in [1.82, 2.24) is 4.98 Å². The third-order valence-corrected chi connectivity index (χ3v) is 3.97. The Morgan fingerprint density at radius 3 is 2.85 bits per heavy atom. The lowest BCUT2D eigenvalue weighted by Crippen LogP contribution is -2.04. The van der Waals surface area contributed by atoms with Gasteiger partial charge in [-0.1, -0.05) is 29.8 Å². The maximum absolute atomic E-state index is 11.9. The van der Waals surface area contributed by atoms with Crippen molar-refractivity contribution < 1.29 is 9.53 Å². The van der Waals surface area contributed by atoms with Crippen molar-refractivity contribution >= 4 is 39.1 Å². The molecule has 0 amide bonds. The van der Waals surface area contributed by atoms with E-state index in [0.29, 0.717) is 10.6 Å². The van der Waals surface area contributed by atoms with Gasteiger partial charge in [-0.25, -0.2) is 9.78 Å². The number of esters is 1. The summed E-state index contributed by atoms with van der Waals surface area (Å²) in [7, 11) is 0. The monoisotopic (exact) mass is 303 g/mol. The standard InChI is InChI=1S/C15H10ClNO2S/c16-11-5-3-4-10(8-11)15(18)19-9-14-17-12-6-1-2-7-13(12)20-14/h1-8H,9H2. The molecule has 3 aromatic rings. The summed E-state index contributed by atoms with van der Waals surface area (Å²) in [6.07, 6.45) is 0. The minimum atomic E-state index is -0.397. The third kappa shape index (κ3) is 2.81. The van der Waals surface area contributed by atoms with Crippen LogP contribution in [0.2, 0.25) is 5.02 Å². The van der Waals surface area contributed by atoms with Crippen molar-refractivity contribution in [1.29, 1.82) is 0 Å². The van der Waals surface area contributed by atoms with Crippen LogP contribution in [0, 0.1) is 0 Å². The highest BCUT2D eigenvalue weighted by Gasteiger charge is 2.10. The lowest BCUT2D eigenvalue weighted by atomic mass is 10.2. The first-order chi connectivity index (χ1) is 9.72. The fraction of sp³-hybridized carbons (Fsp3) is 0.0667. The highest BCUT2D eigenvalue weighted by molar-refractivity contribution is 7.18. The van der Waals surface area contributed by atoms with E-state index in [-0.39, 0.29) is 6.61 Å². The Bertz CT molecular complexity index is 736. The van der Waals surface area contributed by atoms with E-state index in [1.807, 2.05) is 24.3 Å². The molecule has 1 heterocycles. The van der Waals surface area contributed by atoms with E-state index in [4.69, 9.17) is 16.3 Å². The zero-order valence-corrected chi connectivity index (χ0v) is 11.9. The second-order valence-electron chi connectivity index (χ2n) is 4.16. The minimum absolute atomic E-state index is 0.171. The molecular formula is C15H10ClNO2S. The van der Waals surface area contributed by atoms with Crippen LogP contribution < -0.4 is 0 Å². The van der Waals surface area contributed by atoms with Crippen LogP contribution in [0.3, 0.4) is 0 Å². The molecule has 0 unspecified atom stereocenters. The molecule has 0 aliphatic rings. The molecule has 3 rings (SSSR count). The fourth-order valence-electron chi connectivity index (χ4n) is 1.81. The van der Waals surface area contributed by atoms with Gasteiger partial charge in [0.15, 0.2) is 0 Å². The number of thiazole rings is 1. The van der Waals surface area contributed by atoms with Crippen LogP contribution in [0.15, 0.2) is 48.5 Å². The Labute approximate surface area is 124 Å². The molecule has 0 atom stereocenters. The molecule has 0 aliphatic heterocycles. The van der Waals surface area contributed by atoms with E-state index in [9.17, 15) is 4.79 Å². The number of aromatic nitrogens is 1. The van der Waals surface area contributed by atoms with Gasteiger partial charge in [0.1, 0.15) is 11.6 Å². The molecule has 0 spiro atoms. The maximum Gasteiger partial charge on any atom is 0.338 e. The Morgan fingerprint density at radius 2 is 2.05 bits per heavy atom. The summed E-state index contributed by atoms with van der Waals surface area (Å²) >= 11 is 7.36. The van der Waals surface area contributed by atoms with Gasteiger partial charge in [-0.2, -0.15) is 0 Å². The predicted octanol–water partition coefficient (Wildman–Crippen LogP) is 4.31. The van der Waals surface area contributed by atoms with E-state index >= 15 is 0 Å². The molecule has 0 bridgehead atoms. The number of para-hydroxylation sites is 1. The second kappa shape index (κ2) is 5.61. The highest BCUT2D eigenvalue weighted by Crippen LogP contribution is 2.22. The molecule has 100 valence electrons. The van der Waals surface area contributed by atoms with Crippen molar-refractivity contribution in [3.05, 3.63) is 64.1 Å². The van der Waals surface area contributed by atoms with E-state index in [1.165, 1.54) is 11.3 Å². The summed E-state index contributed by atoms with van der Waals surface area (Å²) in [5.74, 6) is -0.397. The van der Waals surface area contributed by atoms with Gasteiger partial charge in [0, 0.05) is 5.02 Å². The van der Waals surface area contributed by atoms with Crippen LogP contribution in [0.5, 0.6) is 0 Å². The molecule has 5 heteroatoms. The molecule has 1 aromatic heterocycles. The summed E-state index contributed by atoms with van der Waals surface area (Å²) in [6, 6.07) is 14.5. The van der Waals surface area contributed by atoms with Gasteiger partial charge in [0.05, 0.1) is 15.8 Å². The van der Waals surface area contributed by atoms with Gasteiger partial charge in [0.25, 0.3) is 0 Å². The van der Waals surface area contributed by atoms with Gasteiger partial charge in [0.2, 0.25) is 0 Å². The summed E-state index contributed by atoms with van der Waals surface area (Å²) < 4.78 is 6.33. The molecule has 0 aliphatic carbocycles. The molecule has 0 N–H and O–H groups in total.